The van der Waals surface area contributed by atoms with Gasteiger partial charge >= 0.3 is 0 Å². The van der Waals surface area contributed by atoms with E-state index in [0.717, 1.165) is 17.8 Å². The largest absolute Gasteiger partial charge is 0.242 e. The molecule has 0 radical (unpaired) electrons. The number of nitrogens with zero attached hydrogens (tertiary/aromatic N) is 3. The molecule has 116 valence electrons. The summed E-state index contributed by atoms with van der Waals surface area (Å²) in [6, 6.07) is 17.5. The molecular weight excluding hydrogens is 397 g/mol. The van der Waals surface area contributed by atoms with Gasteiger partial charge in [0.15, 0.2) is 0 Å². The Morgan fingerprint density at radius 3 is 2.52 bits per heavy atom. The molecule has 3 aromatic rings. The minimum atomic E-state index is 0.279. The molecular formula is C19H18IN3. The fourth-order valence-corrected chi connectivity index (χ4v) is 4.32. The van der Waals surface area contributed by atoms with Crippen molar-refractivity contribution < 1.29 is 0 Å². The van der Waals surface area contributed by atoms with Gasteiger partial charge in [0.1, 0.15) is 5.69 Å². The standard InChI is InChI=1S/C19H18IN3/c1-12(2)23-19-14-8-4-3-7-13(14)11-17(20)15-9-5-6-10-16(15)18(19)21-22-23/h3-10,12,17H,11H2,1-2H3. The second-order valence-electron chi connectivity index (χ2n) is 6.24. The molecule has 2 aromatic carbocycles. The third-order valence-electron chi connectivity index (χ3n) is 4.41. The smallest absolute Gasteiger partial charge is 0.121 e. The predicted octanol–water partition coefficient (Wildman–Crippen LogP) is 5.23. The highest BCUT2D eigenvalue weighted by atomic mass is 127. The molecule has 0 aliphatic heterocycles. The predicted molar refractivity (Wildman–Crippen MR) is 102 cm³/mol. The van der Waals surface area contributed by atoms with Crippen molar-refractivity contribution in [2.75, 3.05) is 0 Å². The zero-order chi connectivity index (χ0) is 16.0. The Labute approximate surface area is 149 Å². The van der Waals surface area contributed by atoms with Gasteiger partial charge in [-0.2, -0.15) is 0 Å². The molecule has 1 unspecified atom stereocenters. The van der Waals surface area contributed by atoms with Gasteiger partial charge in [0.2, 0.25) is 0 Å². The van der Waals surface area contributed by atoms with E-state index in [1.54, 1.807) is 0 Å². The lowest BCUT2D eigenvalue weighted by Gasteiger charge is -2.22. The Bertz CT molecular complexity index is 867. The van der Waals surface area contributed by atoms with Gasteiger partial charge in [0.05, 0.1) is 5.69 Å². The summed E-state index contributed by atoms with van der Waals surface area (Å²) in [5, 5.41) is 9.03. The Kier molecular flexibility index (Phi) is 3.71. The maximum absolute atomic E-state index is 4.56. The second-order valence-corrected chi connectivity index (χ2v) is 7.74. The van der Waals surface area contributed by atoms with E-state index in [1.807, 2.05) is 0 Å². The van der Waals surface area contributed by atoms with Crippen LogP contribution in [-0.2, 0) is 6.42 Å². The number of fused-ring (bicyclic) bond motifs is 5. The van der Waals surface area contributed by atoms with Crippen LogP contribution in [0.1, 0.15) is 34.9 Å². The zero-order valence-electron chi connectivity index (χ0n) is 13.2. The summed E-state index contributed by atoms with van der Waals surface area (Å²) in [4.78, 5) is 0. The molecule has 1 heterocycles. The molecule has 0 saturated carbocycles. The first-order valence-electron chi connectivity index (χ1n) is 7.93. The van der Waals surface area contributed by atoms with Crippen molar-refractivity contribution in [3.8, 4) is 22.5 Å². The van der Waals surface area contributed by atoms with Crippen LogP contribution in [0.25, 0.3) is 22.5 Å². The van der Waals surface area contributed by atoms with Crippen LogP contribution >= 0.6 is 22.6 Å². The molecule has 1 aliphatic rings. The molecule has 3 nitrogen and oxygen atoms in total. The van der Waals surface area contributed by atoms with Crippen molar-refractivity contribution in [1.29, 1.82) is 0 Å². The van der Waals surface area contributed by atoms with Crippen LogP contribution in [0, 0.1) is 0 Å². The first-order chi connectivity index (χ1) is 11.2. The number of hydrogen-bond acceptors (Lipinski definition) is 2. The third-order valence-corrected chi connectivity index (χ3v) is 5.52. The molecule has 1 aliphatic carbocycles. The topological polar surface area (TPSA) is 30.7 Å². The lowest BCUT2D eigenvalue weighted by Crippen LogP contribution is -2.09. The summed E-state index contributed by atoms with van der Waals surface area (Å²) < 4.78 is 2.49. The summed E-state index contributed by atoms with van der Waals surface area (Å²) in [5.74, 6) is 0. The SMILES string of the molecule is CC(C)n1nnc2c1-c1ccccc1CC(I)c1ccccc1-2. The quantitative estimate of drug-likeness (QED) is 0.403. The van der Waals surface area contributed by atoms with Crippen molar-refractivity contribution in [1.82, 2.24) is 15.0 Å². The molecule has 4 rings (SSSR count). The molecule has 0 spiro atoms. The lowest BCUT2D eigenvalue weighted by atomic mass is 9.89. The number of benzene rings is 2. The van der Waals surface area contributed by atoms with Crippen molar-refractivity contribution in [2.45, 2.75) is 30.2 Å². The fourth-order valence-electron chi connectivity index (χ4n) is 3.31. The highest BCUT2D eigenvalue weighted by Gasteiger charge is 2.27. The normalized spacial score (nSPS) is 16.3. The summed E-state index contributed by atoms with van der Waals surface area (Å²) in [5.41, 5.74) is 7.33. The van der Waals surface area contributed by atoms with E-state index in [4.69, 9.17) is 0 Å². The van der Waals surface area contributed by atoms with E-state index in [2.05, 4.69) is 100.0 Å². The molecule has 1 aromatic heterocycles. The first kappa shape index (κ1) is 14.9. The molecule has 1 atom stereocenters. The van der Waals surface area contributed by atoms with Gasteiger partial charge < -0.3 is 0 Å². The van der Waals surface area contributed by atoms with Crippen LogP contribution in [0.3, 0.4) is 0 Å². The Balaban J connectivity index is 2.10. The van der Waals surface area contributed by atoms with Crippen LogP contribution < -0.4 is 0 Å². The van der Waals surface area contributed by atoms with E-state index >= 15 is 0 Å². The Hall–Kier alpha value is -1.69. The van der Waals surface area contributed by atoms with Crippen LogP contribution in [0.15, 0.2) is 48.5 Å². The van der Waals surface area contributed by atoms with Crippen molar-refractivity contribution in [2.24, 2.45) is 0 Å². The summed E-state index contributed by atoms with van der Waals surface area (Å²) in [7, 11) is 0. The molecule has 0 N–H and O–H groups in total. The monoisotopic (exact) mass is 415 g/mol. The number of alkyl halides is 1. The highest BCUT2D eigenvalue weighted by molar-refractivity contribution is 14.1. The van der Waals surface area contributed by atoms with Crippen molar-refractivity contribution >= 4 is 22.6 Å². The number of halogens is 1. The maximum Gasteiger partial charge on any atom is 0.121 e. The highest BCUT2D eigenvalue weighted by Crippen LogP contribution is 2.43. The fraction of sp³-hybridized carbons (Fsp3) is 0.263. The van der Waals surface area contributed by atoms with Gasteiger partial charge in [-0.3, -0.25) is 0 Å². The maximum atomic E-state index is 4.56. The number of hydrogen-bond donors (Lipinski definition) is 0. The van der Waals surface area contributed by atoms with Crippen molar-refractivity contribution in [3.05, 3.63) is 59.7 Å². The van der Waals surface area contributed by atoms with E-state index < -0.39 is 0 Å². The van der Waals surface area contributed by atoms with E-state index in [-0.39, 0.29) is 6.04 Å². The third kappa shape index (κ3) is 2.40. The summed E-state index contributed by atoms with van der Waals surface area (Å²) in [6.07, 6.45) is 1.02. The van der Waals surface area contributed by atoms with Gasteiger partial charge in [-0.25, -0.2) is 4.68 Å². The van der Waals surface area contributed by atoms with Crippen LogP contribution in [0.2, 0.25) is 0 Å². The average Bonchev–Trinajstić information content (AvgIpc) is 2.99. The van der Waals surface area contributed by atoms with E-state index in [0.29, 0.717) is 3.92 Å². The van der Waals surface area contributed by atoms with Gasteiger partial charge in [-0.15, -0.1) is 5.10 Å². The van der Waals surface area contributed by atoms with Crippen LogP contribution in [0.4, 0.5) is 0 Å². The molecule has 4 heteroatoms. The Morgan fingerprint density at radius 2 is 1.74 bits per heavy atom. The second kappa shape index (κ2) is 5.74. The summed E-state index contributed by atoms with van der Waals surface area (Å²) in [6.45, 7) is 4.31. The van der Waals surface area contributed by atoms with Crippen LogP contribution in [-0.4, -0.2) is 15.0 Å². The van der Waals surface area contributed by atoms with E-state index in [9.17, 15) is 0 Å². The van der Waals surface area contributed by atoms with Crippen LogP contribution in [0.5, 0.6) is 0 Å². The lowest BCUT2D eigenvalue weighted by molar-refractivity contribution is 0.519. The summed E-state index contributed by atoms with van der Waals surface area (Å²) >= 11 is 2.55. The Morgan fingerprint density at radius 1 is 1.04 bits per heavy atom. The number of aromatic nitrogens is 3. The van der Waals surface area contributed by atoms with E-state index in [1.165, 1.54) is 22.3 Å². The molecule has 0 bridgehead atoms. The zero-order valence-corrected chi connectivity index (χ0v) is 15.4. The molecule has 0 fully saturated rings. The van der Waals surface area contributed by atoms with Gasteiger partial charge in [0.25, 0.3) is 0 Å². The van der Waals surface area contributed by atoms with Crippen molar-refractivity contribution in [3.63, 3.8) is 0 Å². The number of rotatable bonds is 1. The minimum Gasteiger partial charge on any atom is -0.242 e. The van der Waals surface area contributed by atoms with Gasteiger partial charge in [0, 0.05) is 21.1 Å². The average molecular weight is 415 g/mol. The molecule has 0 amide bonds. The minimum absolute atomic E-state index is 0.279. The van der Waals surface area contributed by atoms with Gasteiger partial charge in [-0.1, -0.05) is 76.3 Å². The first-order valence-corrected chi connectivity index (χ1v) is 9.18. The van der Waals surface area contributed by atoms with Gasteiger partial charge in [-0.05, 0) is 31.4 Å². The molecule has 0 saturated heterocycles. The molecule has 23 heavy (non-hydrogen) atoms.